The molecule has 1 aliphatic heterocycles. The Hall–Kier alpha value is -1.60. The quantitative estimate of drug-likeness (QED) is 0.766. The van der Waals surface area contributed by atoms with Crippen molar-refractivity contribution in [3.63, 3.8) is 0 Å². The fraction of sp³-hybridized carbons (Fsp3) is 0.231. The van der Waals surface area contributed by atoms with Crippen LogP contribution in [0.25, 0.3) is 6.08 Å². The molecule has 0 aromatic heterocycles. The fourth-order valence-corrected chi connectivity index (χ4v) is 2.15. The number of hydrogen-bond donors (Lipinski definition) is 0. The van der Waals surface area contributed by atoms with E-state index in [2.05, 4.69) is 15.9 Å². The van der Waals surface area contributed by atoms with Crippen molar-refractivity contribution in [2.75, 3.05) is 20.1 Å². The van der Waals surface area contributed by atoms with E-state index < -0.39 is 19.1 Å². The van der Waals surface area contributed by atoms with Crippen molar-refractivity contribution in [3.8, 4) is 0 Å². The minimum Gasteiger partial charge on any atom is -0.495 e. The molecule has 0 spiro atoms. The third kappa shape index (κ3) is 4.50. The van der Waals surface area contributed by atoms with E-state index in [0.29, 0.717) is 0 Å². The molecule has 1 fully saturated rings. The summed E-state index contributed by atoms with van der Waals surface area (Å²) in [5.41, 5.74) is 0.908. The van der Waals surface area contributed by atoms with Crippen LogP contribution in [0.3, 0.4) is 0 Å². The maximum absolute atomic E-state index is 11.5. The molecule has 1 saturated heterocycles. The van der Waals surface area contributed by atoms with E-state index in [4.69, 9.17) is 9.31 Å². The summed E-state index contributed by atoms with van der Waals surface area (Å²) < 4.78 is 11.1. The predicted octanol–water partition coefficient (Wildman–Crippen LogP) is 1.52. The number of hydrogen-bond acceptors (Lipinski definition) is 5. The van der Waals surface area contributed by atoms with Crippen LogP contribution < -0.4 is 0 Å². The summed E-state index contributed by atoms with van der Waals surface area (Å²) in [6.45, 7) is 0.132. The number of rotatable bonds is 2. The second-order valence-corrected chi connectivity index (χ2v) is 5.35. The van der Waals surface area contributed by atoms with Crippen LogP contribution in [0.4, 0.5) is 0 Å². The van der Waals surface area contributed by atoms with E-state index in [0.717, 1.165) is 10.0 Å². The molecule has 0 atom stereocenters. The summed E-state index contributed by atoms with van der Waals surface area (Å²) in [6.07, 6.45) is 1.74. The highest BCUT2D eigenvalue weighted by Gasteiger charge is 2.29. The summed E-state index contributed by atoms with van der Waals surface area (Å²) in [6, 6.07) is 7.58. The van der Waals surface area contributed by atoms with Gasteiger partial charge in [-0.05, 0) is 30.7 Å². The van der Waals surface area contributed by atoms with E-state index in [1.54, 1.807) is 24.0 Å². The standard InChI is InChI=1S/C13H13BBrNO4/c1-16-8-12(17)19-14(20-13(18)9-16)6-5-10-3-2-4-11(15)7-10/h2-7H,8-9H2,1H3. The lowest BCUT2D eigenvalue weighted by molar-refractivity contribution is -0.145. The zero-order chi connectivity index (χ0) is 14.5. The van der Waals surface area contributed by atoms with Crippen molar-refractivity contribution >= 4 is 41.1 Å². The molecule has 104 valence electrons. The van der Waals surface area contributed by atoms with Crippen molar-refractivity contribution in [1.29, 1.82) is 0 Å². The van der Waals surface area contributed by atoms with Crippen LogP contribution in [0, 0.1) is 0 Å². The average Bonchev–Trinajstić information content (AvgIpc) is 2.34. The minimum absolute atomic E-state index is 0.0658. The summed E-state index contributed by atoms with van der Waals surface area (Å²) in [5, 5.41) is 0. The van der Waals surface area contributed by atoms with Gasteiger partial charge in [-0.2, -0.15) is 0 Å². The Morgan fingerprint density at radius 1 is 1.25 bits per heavy atom. The SMILES string of the molecule is CN1CC(=O)OB(C=Cc2cccc(Br)c2)OC(=O)C1. The van der Waals surface area contributed by atoms with Crippen molar-refractivity contribution in [3.05, 3.63) is 40.3 Å². The molecule has 1 aliphatic rings. The van der Waals surface area contributed by atoms with Crippen LogP contribution in [0.2, 0.25) is 0 Å². The first kappa shape index (κ1) is 14.8. The van der Waals surface area contributed by atoms with Crippen LogP contribution in [-0.2, 0) is 18.9 Å². The Balaban J connectivity index is 2.06. The molecule has 0 amide bonds. The monoisotopic (exact) mass is 337 g/mol. The molecular weight excluding hydrogens is 325 g/mol. The van der Waals surface area contributed by atoms with Gasteiger partial charge in [0, 0.05) is 4.47 Å². The van der Waals surface area contributed by atoms with Crippen molar-refractivity contribution in [2.45, 2.75) is 0 Å². The highest BCUT2D eigenvalue weighted by atomic mass is 79.9. The number of benzene rings is 1. The van der Waals surface area contributed by atoms with Gasteiger partial charge in [0.2, 0.25) is 0 Å². The number of likely N-dealkylation sites (N-methyl/N-ethyl adjacent to an activating group) is 1. The van der Waals surface area contributed by atoms with E-state index in [-0.39, 0.29) is 13.1 Å². The molecule has 5 nitrogen and oxygen atoms in total. The second kappa shape index (κ2) is 6.72. The summed E-state index contributed by atoms with van der Waals surface area (Å²) >= 11 is 3.37. The average molecular weight is 338 g/mol. The molecule has 0 N–H and O–H groups in total. The van der Waals surface area contributed by atoms with E-state index in [9.17, 15) is 9.59 Å². The van der Waals surface area contributed by atoms with E-state index >= 15 is 0 Å². The predicted molar refractivity (Wildman–Crippen MR) is 78.6 cm³/mol. The van der Waals surface area contributed by atoms with E-state index in [1.165, 1.54) is 0 Å². The van der Waals surface area contributed by atoms with Crippen molar-refractivity contribution in [2.24, 2.45) is 0 Å². The normalized spacial score (nSPS) is 17.6. The number of halogens is 1. The zero-order valence-corrected chi connectivity index (χ0v) is 12.5. The minimum atomic E-state index is -0.984. The molecule has 0 aliphatic carbocycles. The van der Waals surface area contributed by atoms with Gasteiger partial charge < -0.3 is 9.31 Å². The molecule has 1 aromatic carbocycles. The van der Waals surface area contributed by atoms with Gasteiger partial charge in [0.05, 0.1) is 13.1 Å². The van der Waals surface area contributed by atoms with Gasteiger partial charge in [-0.3, -0.25) is 14.5 Å². The first-order valence-corrected chi connectivity index (χ1v) is 6.83. The summed E-state index contributed by atoms with van der Waals surface area (Å²) in [4.78, 5) is 24.6. The molecule has 0 radical (unpaired) electrons. The lowest BCUT2D eigenvalue weighted by Crippen LogP contribution is -2.41. The fourth-order valence-electron chi connectivity index (χ4n) is 1.73. The number of carbonyl (C=O) groups excluding carboxylic acids is 2. The molecule has 0 unspecified atom stereocenters. The lowest BCUT2D eigenvalue weighted by Gasteiger charge is -2.21. The van der Waals surface area contributed by atoms with Gasteiger partial charge in [0.1, 0.15) is 0 Å². The van der Waals surface area contributed by atoms with Crippen LogP contribution in [0.15, 0.2) is 34.7 Å². The Morgan fingerprint density at radius 3 is 2.50 bits per heavy atom. The third-order valence-electron chi connectivity index (χ3n) is 2.59. The summed E-state index contributed by atoms with van der Waals surface area (Å²) in [5.74, 6) is 0.691. The maximum atomic E-state index is 11.5. The smallest absolute Gasteiger partial charge is 0.495 e. The Kier molecular flexibility index (Phi) is 4.97. The largest absolute Gasteiger partial charge is 0.628 e. The number of carbonyl (C=O) groups is 2. The van der Waals surface area contributed by atoms with Gasteiger partial charge >= 0.3 is 19.1 Å². The van der Waals surface area contributed by atoms with Gasteiger partial charge in [-0.15, -0.1) is 0 Å². The molecule has 2 rings (SSSR count). The van der Waals surface area contributed by atoms with Crippen molar-refractivity contribution < 1.29 is 18.9 Å². The van der Waals surface area contributed by atoms with Crippen LogP contribution in [0.1, 0.15) is 5.56 Å². The van der Waals surface area contributed by atoms with Crippen LogP contribution in [-0.4, -0.2) is 44.1 Å². The molecule has 0 saturated carbocycles. The third-order valence-corrected chi connectivity index (χ3v) is 3.08. The molecule has 1 aromatic rings. The summed E-state index contributed by atoms with van der Waals surface area (Å²) in [7, 11) is 0.669. The van der Waals surface area contributed by atoms with Crippen molar-refractivity contribution in [1.82, 2.24) is 4.90 Å². The maximum Gasteiger partial charge on any atom is 0.628 e. The second-order valence-electron chi connectivity index (χ2n) is 4.43. The zero-order valence-electron chi connectivity index (χ0n) is 10.9. The van der Waals surface area contributed by atoms with E-state index in [1.807, 2.05) is 24.3 Å². The number of nitrogens with zero attached hydrogens (tertiary/aromatic N) is 1. The topological polar surface area (TPSA) is 55.8 Å². The Morgan fingerprint density at radius 2 is 1.90 bits per heavy atom. The Bertz CT molecular complexity index is 529. The Labute approximate surface area is 125 Å². The van der Waals surface area contributed by atoms with Crippen LogP contribution >= 0.6 is 15.9 Å². The first-order chi connectivity index (χ1) is 9.52. The first-order valence-electron chi connectivity index (χ1n) is 6.04. The highest BCUT2D eigenvalue weighted by Crippen LogP contribution is 2.13. The molecule has 0 bridgehead atoms. The molecule has 1 heterocycles. The van der Waals surface area contributed by atoms with Gasteiger partial charge in [0.25, 0.3) is 0 Å². The lowest BCUT2D eigenvalue weighted by atomic mass is 9.88. The molecular formula is C13H13BBrNO4. The van der Waals surface area contributed by atoms with Crippen LogP contribution in [0.5, 0.6) is 0 Å². The molecule has 7 heteroatoms. The van der Waals surface area contributed by atoms with Gasteiger partial charge in [0.15, 0.2) is 0 Å². The highest BCUT2D eigenvalue weighted by molar-refractivity contribution is 9.10. The molecule has 20 heavy (non-hydrogen) atoms. The van der Waals surface area contributed by atoms with Gasteiger partial charge in [-0.25, -0.2) is 0 Å². The van der Waals surface area contributed by atoms with Gasteiger partial charge in [-0.1, -0.05) is 34.1 Å².